The van der Waals surface area contributed by atoms with Gasteiger partial charge in [0.25, 0.3) is 5.56 Å². The molecule has 0 fully saturated rings. The SMILES string of the molecule is CCC(C(=O)OC)c1c(C)ccn(CCc2ccccc2)c1=O. The molecule has 122 valence electrons. The van der Waals surface area contributed by atoms with Gasteiger partial charge in [0.2, 0.25) is 0 Å². The quantitative estimate of drug-likeness (QED) is 0.770. The maximum Gasteiger partial charge on any atom is 0.313 e. The Hall–Kier alpha value is -2.36. The van der Waals surface area contributed by atoms with Gasteiger partial charge in [-0.1, -0.05) is 37.3 Å². The number of esters is 1. The third-order valence-electron chi connectivity index (χ3n) is 4.15. The minimum atomic E-state index is -0.503. The molecule has 1 aromatic carbocycles. The van der Waals surface area contributed by atoms with Gasteiger partial charge in [-0.15, -0.1) is 0 Å². The molecule has 0 spiro atoms. The molecule has 0 radical (unpaired) electrons. The Morgan fingerprint density at radius 1 is 1.22 bits per heavy atom. The number of pyridine rings is 1. The van der Waals surface area contributed by atoms with Gasteiger partial charge < -0.3 is 9.30 Å². The maximum atomic E-state index is 12.8. The Labute approximate surface area is 136 Å². The van der Waals surface area contributed by atoms with Gasteiger partial charge in [-0.2, -0.15) is 0 Å². The van der Waals surface area contributed by atoms with Crippen LogP contribution in [-0.2, 0) is 22.5 Å². The first kappa shape index (κ1) is 17.0. The van der Waals surface area contributed by atoms with E-state index >= 15 is 0 Å². The van der Waals surface area contributed by atoms with Crippen molar-refractivity contribution in [2.45, 2.75) is 39.2 Å². The van der Waals surface area contributed by atoms with E-state index in [-0.39, 0.29) is 11.5 Å². The zero-order valence-corrected chi connectivity index (χ0v) is 13.9. The number of methoxy groups -OCH3 is 1. The number of rotatable bonds is 6. The summed E-state index contributed by atoms with van der Waals surface area (Å²) in [4.78, 5) is 24.8. The molecule has 0 saturated heterocycles. The fourth-order valence-electron chi connectivity index (χ4n) is 2.81. The predicted molar refractivity (Wildman–Crippen MR) is 90.6 cm³/mol. The summed E-state index contributed by atoms with van der Waals surface area (Å²) in [6.45, 7) is 4.35. The lowest BCUT2D eigenvalue weighted by Gasteiger charge is -2.17. The van der Waals surface area contributed by atoms with Crippen LogP contribution in [0.4, 0.5) is 0 Å². The molecule has 4 heteroatoms. The van der Waals surface area contributed by atoms with Crippen molar-refractivity contribution in [3.8, 4) is 0 Å². The first-order valence-electron chi connectivity index (χ1n) is 7.90. The molecule has 1 heterocycles. The van der Waals surface area contributed by atoms with Crippen LogP contribution in [0, 0.1) is 6.92 Å². The lowest BCUT2D eigenvalue weighted by molar-refractivity contribution is -0.142. The van der Waals surface area contributed by atoms with Gasteiger partial charge in [0.05, 0.1) is 13.0 Å². The molecule has 4 nitrogen and oxygen atoms in total. The van der Waals surface area contributed by atoms with Crippen molar-refractivity contribution < 1.29 is 9.53 Å². The standard InChI is InChI=1S/C19H23NO3/c1-4-16(19(22)23-3)17-14(2)10-12-20(18(17)21)13-11-15-8-6-5-7-9-15/h5-10,12,16H,4,11,13H2,1-3H3. The molecule has 2 rings (SSSR count). The molecule has 0 aliphatic rings. The van der Waals surface area contributed by atoms with E-state index < -0.39 is 5.92 Å². The van der Waals surface area contributed by atoms with Crippen LogP contribution in [0.1, 0.15) is 36.0 Å². The van der Waals surface area contributed by atoms with Crippen LogP contribution in [0.25, 0.3) is 0 Å². The minimum absolute atomic E-state index is 0.0989. The number of ether oxygens (including phenoxy) is 1. The molecule has 1 atom stereocenters. The molecule has 0 N–H and O–H groups in total. The van der Waals surface area contributed by atoms with Gasteiger partial charge in [-0.05, 0) is 37.0 Å². The van der Waals surface area contributed by atoms with Crippen molar-refractivity contribution in [1.82, 2.24) is 4.57 Å². The fraction of sp³-hybridized carbons (Fsp3) is 0.368. The number of aryl methyl sites for hydroxylation is 3. The third kappa shape index (κ3) is 3.89. The summed E-state index contributed by atoms with van der Waals surface area (Å²) >= 11 is 0. The summed E-state index contributed by atoms with van der Waals surface area (Å²) in [5, 5.41) is 0. The van der Waals surface area contributed by atoms with Crippen molar-refractivity contribution in [2.75, 3.05) is 7.11 Å². The van der Waals surface area contributed by atoms with E-state index in [0.717, 1.165) is 12.0 Å². The van der Waals surface area contributed by atoms with E-state index in [9.17, 15) is 9.59 Å². The third-order valence-corrected chi connectivity index (χ3v) is 4.15. The first-order valence-corrected chi connectivity index (χ1v) is 7.90. The highest BCUT2D eigenvalue weighted by molar-refractivity contribution is 5.78. The maximum absolute atomic E-state index is 12.8. The minimum Gasteiger partial charge on any atom is -0.469 e. The number of carbonyl (C=O) groups is 1. The van der Waals surface area contributed by atoms with E-state index in [0.29, 0.717) is 18.5 Å². The number of nitrogens with zero attached hydrogens (tertiary/aromatic N) is 1. The van der Waals surface area contributed by atoms with Crippen LogP contribution in [-0.4, -0.2) is 17.6 Å². The smallest absolute Gasteiger partial charge is 0.313 e. The summed E-state index contributed by atoms with van der Waals surface area (Å²) in [5.74, 6) is -0.856. The van der Waals surface area contributed by atoms with Crippen molar-refractivity contribution in [1.29, 1.82) is 0 Å². The largest absolute Gasteiger partial charge is 0.469 e. The monoisotopic (exact) mass is 313 g/mol. The number of carbonyl (C=O) groups excluding carboxylic acids is 1. The molecule has 0 amide bonds. The summed E-state index contributed by atoms with van der Waals surface area (Å²) in [6.07, 6.45) is 3.12. The highest BCUT2D eigenvalue weighted by Crippen LogP contribution is 2.21. The molecule has 0 saturated carbocycles. The molecular formula is C19H23NO3. The van der Waals surface area contributed by atoms with E-state index in [2.05, 4.69) is 0 Å². The normalized spacial score (nSPS) is 12.0. The van der Waals surface area contributed by atoms with Gasteiger partial charge in [0.1, 0.15) is 0 Å². The Balaban J connectivity index is 2.31. The van der Waals surface area contributed by atoms with Crippen LogP contribution in [0.2, 0.25) is 0 Å². The molecule has 0 aliphatic heterocycles. The number of hydrogen-bond donors (Lipinski definition) is 0. The van der Waals surface area contributed by atoms with Crippen LogP contribution >= 0.6 is 0 Å². The summed E-state index contributed by atoms with van der Waals surface area (Å²) in [6, 6.07) is 11.9. The molecular weight excluding hydrogens is 290 g/mol. The van der Waals surface area contributed by atoms with Crippen molar-refractivity contribution in [3.63, 3.8) is 0 Å². The van der Waals surface area contributed by atoms with E-state index in [1.807, 2.05) is 50.2 Å². The van der Waals surface area contributed by atoms with Crippen molar-refractivity contribution in [2.24, 2.45) is 0 Å². The highest BCUT2D eigenvalue weighted by atomic mass is 16.5. The Morgan fingerprint density at radius 3 is 2.52 bits per heavy atom. The molecule has 0 aliphatic carbocycles. The second kappa shape index (κ2) is 7.77. The zero-order valence-electron chi connectivity index (χ0n) is 13.9. The van der Waals surface area contributed by atoms with Crippen molar-refractivity contribution in [3.05, 3.63) is 69.6 Å². The van der Waals surface area contributed by atoms with E-state index in [1.54, 1.807) is 10.8 Å². The van der Waals surface area contributed by atoms with Gasteiger partial charge in [0, 0.05) is 18.3 Å². The predicted octanol–water partition coefficient (Wildman–Crippen LogP) is 3.07. The fourth-order valence-corrected chi connectivity index (χ4v) is 2.81. The summed E-state index contributed by atoms with van der Waals surface area (Å²) in [7, 11) is 1.36. The molecule has 1 unspecified atom stereocenters. The van der Waals surface area contributed by atoms with Crippen LogP contribution in [0.15, 0.2) is 47.4 Å². The van der Waals surface area contributed by atoms with Crippen LogP contribution in [0.5, 0.6) is 0 Å². The van der Waals surface area contributed by atoms with Gasteiger partial charge in [-0.25, -0.2) is 0 Å². The Kier molecular flexibility index (Phi) is 5.74. The van der Waals surface area contributed by atoms with E-state index in [4.69, 9.17) is 4.74 Å². The zero-order chi connectivity index (χ0) is 16.8. The molecule has 2 aromatic rings. The van der Waals surface area contributed by atoms with Crippen molar-refractivity contribution >= 4 is 5.97 Å². The molecule has 23 heavy (non-hydrogen) atoms. The van der Waals surface area contributed by atoms with Gasteiger partial charge in [0.15, 0.2) is 0 Å². The molecule has 0 bridgehead atoms. The number of hydrogen-bond acceptors (Lipinski definition) is 3. The van der Waals surface area contributed by atoms with Gasteiger partial charge in [-0.3, -0.25) is 9.59 Å². The molecule has 1 aromatic heterocycles. The summed E-state index contributed by atoms with van der Waals surface area (Å²) < 4.78 is 6.53. The lowest BCUT2D eigenvalue weighted by atomic mass is 9.94. The van der Waals surface area contributed by atoms with Crippen LogP contribution < -0.4 is 5.56 Å². The van der Waals surface area contributed by atoms with Gasteiger partial charge >= 0.3 is 5.97 Å². The average molecular weight is 313 g/mol. The summed E-state index contributed by atoms with van der Waals surface area (Å²) in [5.41, 5.74) is 2.47. The first-order chi connectivity index (χ1) is 11.1. The average Bonchev–Trinajstić information content (AvgIpc) is 2.58. The highest BCUT2D eigenvalue weighted by Gasteiger charge is 2.24. The second-order valence-electron chi connectivity index (χ2n) is 5.63. The van der Waals surface area contributed by atoms with Crippen LogP contribution in [0.3, 0.4) is 0 Å². The topological polar surface area (TPSA) is 48.3 Å². The Bertz CT molecular complexity index is 719. The second-order valence-corrected chi connectivity index (χ2v) is 5.63. The van der Waals surface area contributed by atoms with E-state index in [1.165, 1.54) is 12.7 Å². The number of benzene rings is 1. The Morgan fingerprint density at radius 2 is 1.91 bits per heavy atom. The lowest BCUT2D eigenvalue weighted by Crippen LogP contribution is -2.30. The number of aromatic nitrogens is 1.